The summed E-state index contributed by atoms with van der Waals surface area (Å²) in [5.41, 5.74) is 1.98. The van der Waals surface area contributed by atoms with Gasteiger partial charge in [-0.2, -0.15) is 0 Å². The zero-order valence-electron chi connectivity index (χ0n) is 10.3. The molecule has 0 bridgehead atoms. The van der Waals surface area contributed by atoms with Crippen LogP contribution in [-0.4, -0.2) is 36.5 Å². The molecule has 0 unspecified atom stereocenters. The van der Waals surface area contributed by atoms with Gasteiger partial charge in [0.2, 0.25) is 0 Å². The number of hydrogen-bond acceptors (Lipinski definition) is 2. The molecule has 0 saturated carbocycles. The molecular weight excluding hydrogens is 236 g/mol. The SMILES string of the molecule is Cc1ccc(C(=O)N2CCNC[C@@H]2C)cc1.Cl. The van der Waals surface area contributed by atoms with Gasteiger partial charge in [0.15, 0.2) is 0 Å². The summed E-state index contributed by atoms with van der Waals surface area (Å²) in [7, 11) is 0. The van der Waals surface area contributed by atoms with Crippen molar-refractivity contribution in [3.63, 3.8) is 0 Å². The third-order valence-corrected chi connectivity index (χ3v) is 3.06. The third kappa shape index (κ3) is 3.20. The smallest absolute Gasteiger partial charge is 0.254 e. The Morgan fingerprint density at radius 1 is 1.35 bits per heavy atom. The van der Waals surface area contributed by atoms with E-state index in [9.17, 15) is 4.79 Å². The van der Waals surface area contributed by atoms with Crippen LogP contribution in [0, 0.1) is 6.92 Å². The van der Waals surface area contributed by atoms with Crippen molar-refractivity contribution in [3.8, 4) is 0 Å². The van der Waals surface area contributed by atoms with Gasteiger partial charge in [-0.05, 0) is 26.0 Å². The van der Waals surface area contributed by atoms with Crippen molar-refractivity contribution >= 4 is 18.3 Å². The lowest BCUT2D eigenvalue weighted by atomic mass is 10.1. The molecule has 0 spiro atoms. The Morgan fingerprint density at radius 3 is 2.59 bits per heavy atom. The Labute approximate surface area is 109 Å². The van der Waals surface area contributed by atoms with Crippen LogP contribution in [-0.2, 0) is 0 Å². The molecular formula is C13H19ClN2O. The topological polar surface area (TPSA) is 32.3 Å². The van der Waals surface area contributed by atoms with Crippen LogP contribution < -0.4 is 5.32 Å². The van der Waals surface area contributed by atoms with E-state index in [0.717, 1.165) is 25.2 Å². The van der Waals surface area contributed by atoms with Crippen LogP contribution in [0.2, 0.25) is 0 Å². The fourth-order valence-corrected chi connectivity index (χ4v) is 2.00. The Balaban J connectivity index is 0.00000144. The quantitative estimate of drug-likeness (QED) is 0.830. The summed E-state index contributed by atoms with van der Waals surface area (Å²) in [6, 6.07) is 8.07. The van der Waals surface area contributed by atoms with Crippen LogP contribution in [0.5, 0.6) is 0 Å². The third-order valence-electron chi connectivity index (χ3n) is 3.06. The molecule has 0 aromatic heterocycles. The monoisotopic (exact) mass is 254 g/mol. The fourth-order valence-electron chi connectivity index (χ4n) is 2.00. The van der Waals surface area contributed by atoms with Gasteiger partial charge >= 0.3 is 0 Å². The van der Waals surface area contributed by atoms with Crippen molar-refractivity contribution in [1.29, 1.82) is 0 Å². The highest BCUT2D eigenvalue weighted by Crippen LogP contribution is 2.11. The summed E-state index contributed by atoms with van der Waals surface area (Å²) >= 11 is 0. The van der Waals surface area contributed by atoms with Gasteiger partial charge < -0.3 is 10.2 Å². The van der Waals surface area contributed by atoms with Gasteiger partial charge in [0, 0.05) is 31.2 Å². The largest absolute Gasteiger partial charge is 0.333 e. The van der Waals surface area contributed by atoms with Crippen molar-refractivity contribution in [2.45, 2.75) is 19.9 Å². The lowest BCUT2D eigenvalue weighted by molar-refractivity contribution is 0.0656. The Morgan fingerprint density at radius 2 is 2.00 bits per heavy atom. The number of amides is 1. The highest BCUT2D eigenvalue weighted by Gasteiger charge is 2.23. The Bertz CT molecular complexity index is 378. The number of rotatable bonds is 1. The van der Waals surface area contributed by atoms with E-state index in [0.29, 0.717) is 0 Å². The summed E-state index contributed by atoms with van der Waals surface area (Å²) in [4.78, 5) is 14.2. The first-order valence-electron chi connectivity index (χ1n) is 5.77. The predicted molar refractivity (Wildman–Crippen MR) is 71.8 cm³/mol. The second-order valence-corrected chi connectivity index (χ2v) is 4.42. The molecule has 1 aliphatic rings. The molecule has 1 amide bonds. The first-order chi connectivity index (χ1) is 7.68. The van der Waals surface area contributed by atoms with Crippen molar-refractivity contribution < 1.29 is 4.79 Å². The number of carbonyl (C=O) groups excluding carboxylic acids is 1. The summed E-state index contributed by atoms with van der Waals surface area (Å²) in [6.45, 7) is 6.69. The maximum Gasteiger partial charge on any atom is 0.254 e. The van der Waals surface area contributed by atoms with Gasteiger partial charge in [0.1, 0.15) is 0 Å². The normalized spacial score (nSPS) is 19.6. The summed E-state index contributed by atoms with van der Waals surface area (Å²) in [6.07, 6.45) is 0. The van der Waals surface area contributed by atoms with E-state index < -0.39 is 0 Å². The number of nitrogens with zero attached hydrogens (tertiary/aromatic N) is 1. The molecule has 1 aromatic rings. The molecule has 17 heavy (non-hydrogen) atoms. The van der Waals surface area contributed by atoms with E-state index >= 15 is 0 Å². The second-order valence-electron chi connectivity index (χ2n) is 4.42. The number of carbonyl (C=O) groups is 1. The molecule has 1 saturated heterocycles. The van der Waals surface area contributed by atoms with Gasteiger partial charge in [-0.1, -0.05) is 17.7 Å². The lowest BCUT2D eigenvalue weighted by Crippen LogP contribution is -2.52. The summed E-state index contributed by atoms with van der Waals surface area (Å²) in [5.74, 6) is 0.147. The number of piperazine rings is 1. The van der Waals surface area contributed by atoms with Gasteiger partial charge in [-0.15, -0.1) is 12.4 Å². The molecule has 1 heterocycles. The molecule has 1 aromatic carbocycles. The average molecular weight is 255 g/mol. The second kappa shape index (κ2) is 6.03. The molecule has 0 aliphatic carbocycles. The van der Waals surface area contributed by atoms with Crippen LogP contribution in [0.1, 0.15) is 22.8 Å². The molecule has 4 heteroatoms. The highest BCUT2D eigenvalue weighted by atomic mass is 35.5. The molecule has 1 N–H and O–H groups in total. The average Bonchev–Trinajstić information content (AvgIpc) is 2.30. The summed E-state index contributed by atoms with van der Waals surface area (Å²) in [5, 5.41) is 3.29. The zero-order chi connectivity index (χ0) is 11.5. The van der Waals surface area contributed by atoms with Gasteiger partial charge in [0.05, 0.1) is 0 Å². The van der Waals surface area contributed by atoms with Crippen LogP contribution in [0.25, 0.3) is 0 Å². The molecule has 1 atom stereocenters. The van der Waals surface area contributed by atoms with Crippen LogP contribution in [0.4, 0.5) is 0 Å². The minimum absolute atomic E-state index is 0. The van der Waals surface area contributed by atoms with E-state index in [1.165, 1.54) is 5.56 Å². The van der Waals surface area contributed by atoms with Crippen molar-refractivity contribution in [1.82, 2.24) is 10.2 Å². The maximum atomic E-state index is 12.2. The molecule has 1 fully saturated rings. The summed E-state index contributed by atoms with van der Waals surface area (Å²) < 4.78 is 0. The zero-order valence-corrected chi connectivity index (χ0v) is 11.1. The highest BCUT2D eigenvalue weighted by molar-refractivity contribution is 5.94. The van der Waals surface area contributed by atoms with Crippen molar-refractivity contribution in [3.05, 3.63) is 35.4 Å². The first-order valence-corrected chi connectivity index (χ1v) is 5.77. The number of aryl methyl sites for hydroxylation is 1. The Kier molecular flexibility index (Phi) is 4.97. The molecule has 1 aliphatic heterocycles. The standard InChI is InChI=1S/C13H18N2O.ClH/c1-10-3-5-12(6-4-10)13(16)15-8-7-14-9-11(15)2;/h3-6,11,14H,7-9H2,1-2H3;1H/t11-;/m0./s1. The molecule has 0 radical (unpaired) electrons. The lowest BCUT2D eigenvalue weighted by Gasteiger charge is -2.34. The van der Waals surface area contributed by atoms with Gasteiger partial charge in [0.25, 0.3) is 5.91 Å². The minimum atomic E-state index is 0. The number of nitrogens with one attached hydrogen (secondary N) is 1. The van der Waals surface area contributed by atoms with E-state index in [4.69, 9.17) is 0 Å². The van der Waals surface area contributed by atoms with Crippen LogP contribution in [0.3, 0.4) is 0 Å². The van der Waals surface area contributed by atoms with Crippen molar-refractivity contribution in [2.75, 3.05) is 19.6 Å². The fraction of sp³-hybridized carbons (Fsp3) is 0.462. The van der Waals surface area contributed by atoms with E-state index in [-0.39, 0.29) is 24.4 Å². The number of benzene rings is 1. The molecule has 3 nitrogen and oxygen atoms in total. The van der Waals surface area contributed by atoms with Crippen LogP contribution >= 0.6 is 12.4 Å². The van der Waals surface area contributed by atoms with E-state index in [1.807, 2.05) is 36.1 Å². The van der Waals surface area contributed by atoms with E-state index in [2.05, 4.69) is 12.2 Å². The predicted octanol–water partition coefficient (Wildman–Crippen LogP) is 1.85. The minimum Gasteiger partial charge on any atom is -0.333 e. The number of halogens is 1. The molecule has 94 valence electrons. The maximum absolute atomic E-state index is 12.2. The van der Waals surface area contributed by atoms with Gasteiger partial charge in [-0.25, -0.2) is 0 Å². The number of hydrogen-bond donors (Lipinski definition) is 1. The molecule has 2 rings (SSSR count). The van der Waals surface area contributed by atoms with Crippen molar-refractivity contribution in [2.24, 2.45) is 0 Å². The first kappa shape index (κ1) is 14.0. The van der Waals surface area contributed by atoms with E-state index in [1.54, 1.807) is 0 Å². The van der Waals surface area contributed by atoms with Gasteiger partial charge in [-0.3, -0.25) is 4.79 Å². The Hall–Kier alpha value is -1.06. The van der Waals surface area contributed by atoms with Crippen LogP contribution in [0.15, 0.2) is 24.3 Å².